The second-order valence-electron chi connectivity index (χ2n) is 8.65. The molecule has 9 nitrogen and oxygen atoms in total. The van der Waals surface area contributed by atoms with Gasteiger partial charge >= 0.3 is 0 Å². The minimum absolute atomic E-state index is 0.0326. The van der Waals surface area contributed by atoms with Crippen LogP contribution in [-0.4, -0.2) is 88.3 Å². The van der Waals surface area contributed by atoms with Crippen LogP contribution in [0.15, 0.2) is 36.8 Å². The fourth-order valence-corrected chi connectivity index (χ4v) is 4.37. The summed E-state index contributed by atoms with van der Waals surface area (Å²) in [5, 5.41) is 8.78. The Morgan fingerprint density at radius 3 is 2.41 bits per heavy atom. The number of aromatic nitrogens is 3. The number of nitrogens with two attached hydrogens (primary N) is 1. The number of nitrogens with zero attached hydrogens (tertiary/aromatic N) is 5. The zero-order valence-electron chi connectivity index (χ0n) is 20.7. The average Bonchev–Trinajstić information content (AvgIpc) is 2.91. The zero-order chi connectivity index (χ0) is 26.4. The van der Waals surface area contributed by atoms with Crippen LogP contribution in [0.25, 0.3) is 22.4 Å². The van der Waals surface area contributed by atoms with E-state index >= 15 is 8.78 Å². The molecule has 1 fully saturated rings. The van der Waals surface area contributed by atoms with Crippen molar-refractivity contribution >= 4 is 11.7 Å². The van der Waals surface area contributed by atoms with Crippen molar-refractivity contribution in [2.45, 2.75) is 13.3 Å². The molecule has 1 aliphatic heterocycles. The van der Waals surface area contributed by atoms with Crippen LogP contribution in [0.1, 0.15) is 23.0 Å². The van der Waals surface area contributed by atoms with Crippen LogP contribution in [0.4, 0.5) is 14.6 Å². The fraction of sp³-hybridized carbons (Fsp3) is 0.385. The van der Waals surface area contributed by atoms with Crippen molar-refractivity contribution in [1.29, 1.82) is 0 Å². The molecule has 3 N–H and O–H groups in total. The van der Waals surface area contributed by atoms with Gasteiger partial charge in [0.2, 0.25) is 0 Å². The second-order valence-corrected chi connectivity index (χ2v) is 8.65. The lowest BCUT2D eigenvalue weighted by Crippen LogP contribution is -2.49. The Morgan fingerprint density at radius 1 is 1.05 bits per heavy atom. The molecule has 1 amide bonds. The maximum absolute atomic E-state index is 15.3. The fourth-order valence-electron chi connectivity index (χ4n) is 4.37. The number of pyridine rings is 1. The molecule has 2 aromatic heterocycles. The lowest BCUT2D eigenvalue weighted by atomic mass is 9.96. The van der Waals surface area contributed by atoms with Crippen molar-refractivity contribution < 1.29 is 23.4 Å². The molecule has 0 unspecified atom stereocenters. The number of ether oxygens (including phenoxy) is 1. The highest BCUT2D eigenvalue weighted by Crippen LogP contribution is 2.34. The monoisotopic (exact) mass is 512 g/mol. The molecular formula is C26H30F2N6O3. The summed E-state index contributed by atoms with van der Waals surface area (Å²) in [7, 11) is 0. The number of anilines is 1. The van der Waals surface area contributed by atoms with Gasteiger partial charge in [0.25, 0.3) is 5.91 Å². The summed E-state index contributed by atoms with van der Waals surface area (Å²) in [6.45, 7) is 5.12. The summed E-state index contributed by atoms with van der Waals surface area (Å²) >= 11 is 0. The van der Waals surface area contributed by atoms with Gasteiger partial charge in [0.05, 0.1) is 31.2 Å². The Labute approximate surface area is 213 Å². The number of benzene rings is 1. The first kappa shape index (κ1) is 26.5. The van der Waals surface area contributed by atoms with Gasteiger partial charge in [0.15, 0.2) is 0 Å². The number of halogens is 2. The van der Waals surface area contributed by atoms with Crippen molar-refractivity contribution in [3.63, 3.8) is 0 Å². The molecule has 0 radical (unpaired) electrons. The minimum Gasteiger partial charge on any atom is -0.394 e. The number of hydrogen-bond donors (Lipinski definition) is 2. The average molecular weight is 513 g/mol. The van der Waals surface area contributed by atoms with Crippen molar-refractivity contribution in [2.24, 2.45) is 0 Å². The molecule has 0 spiro atoms. The SMILES string of the molecule is CCc1ncnc(-c2cc(F)c(C(=O)N3CCN(CCOCCO)CC3)c(F)c2)c1-c1ccc(N)nc1. The zero-order valence-corrected chi connectivity index (χ0v) is 20.7. The number of aliphatic hydroxyl groups excluding tert-OH is 1. The van der Waals surface area contributed by atoms with Gasteiger partial charge in [-0.25, -0.2) is 23.7 Å². The molecule has 1 aliphatic rings. The first-order valence-corrected chi connectivity index (χ1v) is 12.2. The first-order chi connectivity index (χ1) is 17.9. The predicted octanol–water partition coefficient (Wildman–Crippen LogP) is 2.40. The van der Waals surface area contributed by atoms with E-state index in [1.54, 1.807) is 18.3 Å². The summed E-state index contributed by atoms with van der Waals surface area (Å²) < 4.78 is 35.8. The molecule has 0 aliphatic carbocycles. The number of hydrogen-bond acceptors (Lipinski definition) is 8. The standard InChI is InChI=1S/C26H30F2N6O3/c1-2-21-23(17-3-4-22(29)30-15-17)25(32-16-31-21)18-13-19(27)24(20(28)14-18)26(36)34-7-5-33(6-8-34)9-11-37-12-10-35/h3-4,13-16,35H,2,5-12H2,1H3,(H2,29,30). The summed E-state index contributed by atoms with van der Waals surface area (Å²) in [6, 6.07) is 5.67. The number of aliphatic hydroxyl groups is 1. The summed E-state index contributed by atoms with van der Waals surface area (Å²) in [4.78, 5) is 29.4. The molecule has 3 aromatic rings. The van der Waals surface area contributed by atoms with Gasteiger partial charge in [0, 0.05) is 55.6 Å². The maximum Gasteiger partial charge on any atom is 0.259 e. The molecule has 0 atom stereocenters. The van der Waals surface area contributed by atoms with Gasteiger partial charge in [0.1, 0.15) is 29.3 Å². The largest absolute Gasteiger partial charge is 0.394 e. The van der Waals surface area contributed by atoms with E-state index in [1.807, 2.05) is 6.92 Å². The van der Waals surface area contributed by atoms with E-state index in [9.17, 15) is 4.79 Å². The number of piperazine rings is 1. The van der Waals surface area contributed by atoms with Gasteiger partial charge in [-0.05, 0) is 30.7 Å². The quantitative estimate of drug-likeness (QED) is 0.420. The van der Waals surface area contributed by atoms with E-state index in [-0.39, 0.29) is 18.8 Å². The number of carbonyl (C=O) groups excluding carboxylic acids is 1. The van der Waals surface area contributed by atoms with E-state index < -0.39 is 23.1 Å². The molecule has 0 bridgehead atoms. The molecule has 1 aromatic carbocycles. The minimum atomic E-state index is -0.946. The molecule has 4 rings (SSSR count). The highest BCUT2D eigenvalue weighted by molar-refractivity contribution is 5.96. The lowest BCUT2D eigenvalue weighted by Gasteiger charge is -2.34. The van der Waals surface area contributed by atoms with Gasteiger partial charge < -0.3 is 20.5 Å². The molecule has 1 saturated heterocycles. The van der Waals surface area contributed by atoms with Crippen molar-refractivity contribution in [2.75, 3.05) is 58.3 Å². The second kappa shape index (κ2) is 12.1. The summed E-state index contributed by atoms with van der Waals surface area (Å²) in [5.41, 5.74) is 7.64. The van der Waals surface area contributed by atoms with Crippen molar-refractivity contribution in [1.82, 2.24) is 24.8 Å². The highest BCUT2D eigenvalue weighted by atomic mass is 19.1. The lowest BCUT2D eigenvalue weighted by molar-refractivity contribution is 0.0481. The maximum atomic E-state index is 15.3. The number of rotatable bonds is 9. The van der Waals surface area contributed by atoms with Crippen LogP contribution in [0, 0.1) is 11.6 Å². The molecule has 37 heavy (non-hydrogen) atoms. The summed E-state index contributed by atoms with van der Waals surface area (Å²) in [5.74, 6) is -2.23. The number of nitrogen functional groups attached to an aromatic ring is 1. The van der Waals surface area contributed by atoms with E-state index in [1.165, 1.54) is 11.2 Å². The number of aryl methyl sites for hydroxylation is 1. The van der Waals surface area contributed by atoms with E-state index in [0.717, 1.165) is 12.1 Å². The van der Waals surface area contributed by atoms with Crippen LogP contribution in [0.5, 0.6) is 0 Å². The molecule has 11 heteroatoms. The van der Waals surface area contributed by atoms with Gasteiger partial charge in [-0.3, -0.25) is 9.69 Å². The smallest absolute Gasteiger partial charge is 0.259 e. The predicted molar refractivity (Wildman–Crippen MR) is 135 cm³/mol. The molecule has 0 saturated carbocycles. The Balaban J connectivity index is 1.56. The van der Waals surface area contributed by atoms with Crippen molar-refractivity contribution in [3.05, 3.63) is 59.7 Å². The molecular weight excluding hydrogens is 482 g/mol. The van der Waals surface area contributed by atoms with Gasteiger partial charge in [-0.1, -0.05) is 6.92 Å². The van der Waals surface area contributed by atoms with Gasteiger partial charge in [-0.2, -0.15) is 0 Å². The highest BCUT2D eigenvalue weighted by Gasteiger charge is 2.28. The number of amides is 1. The topological polar surface area (TPSA) is 118 Å². The first-order valence-electron chi connectivity index (χ1n) is 12.2. The normalized spacial score (nSPS) is 14.2. The van der Waals surface area contributed by atoms with E-state index in [2.05, 4.69) is 19.9 Å². The Bertz CT molecular complexity index is 1210. The van der Waals surface area contributed by atoms with Gasteiger partial charge in [-0.15, -0.1) is 0 Å². The summed E-state index contributed by atoms with van der Waals surface area (Å²) in [6.07, 6.45) is 3.49. The number of carbonyl (C=O) groups is 1. The Morgan fingerprint density at radius 2 is 1.78 bits per heavy atom. The van der Waals surface area contributed by atoms with Crippen molar-refractivity contribution in [3.8, 4) is 22.4 Å². The third-order valence-electron chi connectivity index (χ3n) is 6.31. The third kappa shape index (κ3) is 6.07. The third-order valence-corrected chi connectivity index (χ3v) is 6.31. The molecule has 196 valence electrons. The van der Waals surface area contributed by atoms with Crippen LogP contribution in [-0.2, 0) is 11.2 Å². The molecule has 3 heterocycles. The van der Waals surface area contributed by atoms with Crippen LogP contribution in [0.3, 0.4) is 0 Å². The van der Waals surface area contributed by atoms with Crippen LogP contribution < -0.4 is 5.73 Å². The Kier molecular flexibility index (Phi) is 8.70. The Hall–Kier alpha value is -3.54. The van der Waals surface area contributed by atoms with E-state index in [4.69, 9.17) is 15.6 Å². The van der Waals surface area contributed by atoms with E-state index in [0.29, 0.717) is 74.1 Å². The van der Waals surface area contributed by atoms with Crippen LogP contribution >= 0.6 is 0 Å². The van der Waals surface area contributed by atoms with Crippen LogP contribution in [0.2, 0.25) is 0 Å².